The van der Waals surface area contributed by atoms with Crippen molar-refractivity contribution in [2.24, 2.45) is 4.99 Å². The molecule has 0 aliphatic carbocycles. The Labute approximate surface area is 243 Å². The van der Waals surface area contributed by atoms with E-state index in [0.717, 1.165) is 27.7 Å². The lowest BCUT2D eigenvalue weighted by molar-refractivity contribution is -0.137. The van der Waals surface area contributed by atoms with E-state index in [1.165, 1.54) is 23.9 Å². The summed E-state index contributed by atoms with van der Waals surface area (Å²) in [5.41, 5.74) is 1.90. The van der Waals surface area contributed by atoms with Gasteiger partial charge in [0.25, 0.3) is 0 Å². The Morgan fingerprint density at radius 2 is 1.41 bits per heavy atom. The second-order valence-electron chi connectivity index (χ2n) is 8.74. The lowest BCUT2D eigenvalue weighted by atomic mass is 10.1. The molecule has 3 nitrogen and oxygen atoms in total. The van der Waals surface area contributed by atoms with Crippen molar-refractivity contribution >= 4 is 57.4 Å². The number of amidine groups is 1. The molecule has 39 heavy (non-hydrogen) atoms. The van der Waals surface area contributed by atoms with Crippen molar-refractivity contribution in [1.82, 2.24) is 4.90 Å². The van der Waals surface area contributed by atoms with Crippen molar-refractivity contribution in [2.45, 2.75) is 31.1 Å². The summed E-state index contributed by atoms with van der Waals surface area (Å²) in [5.74, 6) is 0.124. The van der Waals surface area contributed by atoms with E-state index in [9.17, 15) is 18.3 Å². The number of halogens is 6. The molecule has 0 radical (unpaired) electrons. The van der Waals surface area contributed by atoms with Crippen LogP contribution in [0, 0.1) is 6.92 Å². The molecule has 0 atom stereocenters. The molecule has 0 aliphatic rings. The van der Waals surface area contributed by atoms with Gasteiger partial charge in [0.05, 0.1) is 26.3 Å². The van der Waals surface area contributed by atoms with Gasteiger partial charge in [0, 0.05) is 18.0 Å². The van der Waals surface area contributed by atoms with Crippen LogP contribution in [0.15, 0.2) is 94.8 Å². The maximum atomic E-state index is 13.6. The highest BCUT2D eigenvalue weighted by atomic mass is 35.5. The van der Waals surface area contributed by atoms with Crippen molar-refractivity contribution in [3.63, 3.8) is 0 Å². The van der Waals surface area contributed by atoms with Gasteiger partial charge in [0.2, 0.25) is 0 Å². The van der Waals surface area contributed by atoms with Gasteiger partial charge in [-0.2, -0.15) is 13.2 Å². The molecule has 202 valence electrons. The average molecular weight is 610 g/mol. The monoisotopic (exact) mass is 608 g/mol. The number of aliphatic imine (C=N–C) groups is 1. The Bertz CT molecular complexity index is 1480. The lowest BCUT2D eigenvalue weighted by Gasteiger charge is -2.26. The molecule has 0 unspecified atom stereocenters. The number of nitrogens with zero attached hydrogens (tertiary/aromatic N) is 2. The van der Waals surface area contributed by atoms with Crippen LogP contribution in [0.2, 0.25) is 15.1 Å². The zero-order valence-corrected chi connectivity index (χ0v) is 23.6. The summed E-state index contributed by atoms with van der Waals surface area (Å²) in [6, 6.07) is 23.3. The number of hydrogen-bond donors (Lipinski definition) is 1. The summed E-state index contributed by atoms with van der Waals surface area (Å²) in [5, 5.41) is 10.6. The molecule has 0 aliphatic heterocycles. The minimum atomic E-state index is -4.63. The number of aryl methyl sites for hydroxylation is 1. The van der Waals surface area contributed by atoms with Crippen LogP contribution in [-0.2, 0) is 19.3 Å². The minimum Gasteiger partial charge on any atom is -0.508 e. The number of hydrogen-bond acceptors (Lipinski definition) is 3. The smallest absolute Gasteiger partial charge is 0.417 e. The minimum absolute atomic E-state index is 0.103. The van der Waals surface area contributed by atoms with Crippen LogP contribution in [0.1, 0.15) is 22.3 Å². The normalized spacial score (nSPS) is 12.0. The Kier molecular flexibility index (Phi) is 9.39. The molecule has 1 N–H and O–H groups in total. The molecule has 10 heteroatoms. The molecule has 0 saturated heterocycles. The molecule has 4 aromatic carbocycles. The fourth-order valence-corrected chi connectivity index (χ4v) is 5.09. The van der Waals surface area contributed by atoms with Crippen molar-refractivity contribution in [3.8, 4) is 5.75 Å². The highest BCUT2D eigenvalue weighted by Crippen LogP contribution is 2.38. The summed E-state index contributed by atoms with van der Waals surface area (Å²) in [7, 11) is 0. The largest absolute Gasteiger partial charge is 0.508 e. The number of phenolic OH excluding ortho intramolecular Hbond substituents is 1. The average Bonchev–Trinajstić information content (AvgIpc) is 2.88. The predicted molar refractivity (Wildman–Crippen MR) is 154 cm³/mol. The third-order valence-corrected chi connectivity index (χ3v) is 7.76. The standard InChI is InChI=1S/C29H22Cl3F3N2OS/c1-18-2-10-23(11-3-18)39-28(36-21-7-13-25(30)24(15-21)29(33,34)35)37(16-19-4-8-22(38)9-5-19)17-20-6-12-26(31)27(32)14-20/h2-15,38H,16-17H2,1H3. The molecule has 0 fully saturated rings. The van der Waals surface area contributed by atoms with Crippen LogP contribution in [0.25, 0.3) is 0 Å². The van der Waals surface area contributed by atoms with Crippen LogP contribution in [0.4, 0.5) is 18.9 Å². The van der Waals surface area contributed by atoms with Gasteiger partial charge in [0.1, 0.15) is 5.75 Å². The highest BCUT2D eigenvalue weighted by molar-refractivity contribution is 8.13. The number of benzene rings is 4. The maximum absolute atomic E-state index is 13.6. The predicted octanol–water partition coefficient (Wildman–Crippen LogP) is 10.2. The van der Waals surface area contributed by atoms with Crippen LogP contribution < -0.4 is 0 Å². The summed E-state index contributed by atoms with van der Waals surface area (Å²) in [6.45, 7) is 2.64. The highest BCUT2D eigenvalue weighted by Gasteiger charge is 2.33. The zero-order chi connectivity index (χ0) is 28.2. The van der Waals surface area contributed by atoms with Crippen LogP contribution in [0.3, 0.4) is 0 Å². The third-order valence-electron chi connectivity index (χ3n) is 5.65. The Hall–Kier alpha value is -2.84. The van der Waals surface area contributed by atoms with E-state index in [-0.39, 0.29) is 11.4 Å². The molecule has 4 aromatic rings. The van der Waals surface area contributed by atoms with E-state index >= 15 is 0 Å². The molecular formula is C29H22Cl3F3N2OS. The molecular weight excluding hydrogens is 588 g/mol. The molecule has 0 saturated carbocycles. The SMILES string of the molecule is Cc1ccc(SC(=Nc2ccc(Cl)c(C(F)(F)F)c2)N(Cc2ccc(O)cc2)Cc2ccc(Cl)c(Cl)c2)cc1. The van der Waals surface area contributed by atoms with Crippen molar-refractivity contribution < 1.29 is 18.3 Å². The van der Waals surface area contributed by atoms with Crippen LogP contribution in [-0.4, -0.2) is 15.2 Å². The van der Waals surface area contributed by atoms with E-state index in [1.54, 1.807) is 36.4 Å². The quantitative estimate of drug-likeness (QED) is 0.134. The molecule has 0 bridgehead atoms. The number of alkyl halides is 3. The Morgan fingerprint density at radius 1 is 0.795 bits per heavy atom. The molecule has 0 aromatic heterocycles. The number of aromatic hydroxyl groups is 1. The topological polar surface area (TPSA) is 35.8 Å². The lowest BCUT2D eigenvalue weighted by Crippen LogP contribution is -2.28. The van der Waals surface area contributed by atoms with E-state index in [0.29, 0.717) is 28.3 Å². The Morgan fingerprint density at radius 3 is 2.05 bits per heavy atom. The first-order valence-corrected chi connectivity index (χ1v) is 13.6. The van der Waals surface area contributed by atoms with Gasteiger partial charge in [0.15, 0.2) is 5.17 Å². The van der Waals surface area contributed by atoms with Crippen molar-refractivity contribution in [3.05, 3.63) is 122 Å². The summed E-state index contributed by atoms with van der Waals surface area (Å²) < 4.78 is 40.8. The zero-order valence-electron chi connectivity index (χ0n) is 20.5. The van der Waals surface area contributed by atoms with Gasteiger partial charge in [-0.05, 0) is 72.6 Å². The summed E-state index contributed by atoms with van der Waals surface area (Å²) in [6.07, 6.45) is -4.63. The van der Waals surface area contributed by atoms with E-state index < -0.39 is 16.8 Å². The van der Waals surface area contributed by atoms with Gasteiger partial charge >= 0.3 is 6.18 Å². The van der Waals surface area contributed by atoms with Crippen molar-refractivity contribution in [1.29, 1.82) is 0 Å². The second-order valence-corrected chi connectivity index (χ2v) is 11.0. The molecule has 0 heterocycles. The molecule has 0 amide bonds. The van der Waals surface area contributed by atoms with E-state index in [4.69, 9.17) is 34.8 Å². The van der Waals surface area contributed by atoms with E-state index in [2.05, 4.69) is 4.99 Å². The Balaban J connectivity index is 1.82. The van der Waals surface area contributed by atoms with Gasteiger partial charge in [-0.3, -0.25) is 0 Å². The van der Waals surface area contributed by atoms with Crippen LogP contribution in [0.5, 0.6) is 5.75 Å². The van der Waals surface area contributed by atoms with Gasteiger partial charge in [-0.15, -0.1) is 0 Å². The van der Waals surface area contributed by atoms with Crippen molar-refractivity contribution in [2.75, 3.05) is 0 Å². The maximum Gasteiger partial charge on any atom is 0.417 e. The van der Waals surface area contributed by atoms with Gasteiger partial charge in [-0.25, -0.2) is 4.99 Å². The second kappa shape index (κ2) is 12.6. The van der Waals surface area contributed by atoms with E-state index in [1.807, 2.05) is 42.2 Å². The number of thioether (sulfide) groups is 1. The summed E-state index contributed by atoms with van der Waals surface area (Å²) in [4.78, 5) is 7.46. The van der Waals surface area contributed by atoms with Gasteiger partial charge < -0.3 is 10.0 Å². The summed E-state index contributed by atoms with van der Waals surface area (Å²) >= 11 is 19.6. The molecule has 4 rings (SSSR count). The van der Waals surface area contributed by atoms with Gasteiger partial charge in [-0.1, -0.05) is 82.5 Å². The molecule has 0 spiro atoms. The first-order chi connectivity index (χ1) is 18.5. The third kappa shape index (κ3) is 8.08. The first kappa shape index (κ1) is 29.2. The van der Waals surface area contributed by atoms with Crippen LogP contribution >= 0.6 is 46.6 Å². The number of phenols is 1. The fourth-order valence-electron chi connectivity index (χ4n) is 3.65. The number of rotatable bonds is 6. The fraction of sp³-hybridized carbons (Fsp3) is 0.138. The first-order valence-electron chi connectivity index (χ1n) is 11.6.